The maximum Gasteiger partial charge on any atom is 0.265 e. The highest BCUT2D eigenvalue weighted by molar-refractivity contribution is 7.99. The Balaban J connectivity index is 1.24. The molecule has 1 N–H and O–H groups in total. The molecule has 0 aromatic heterocycles. The molecule has 0 aliphatic carbocycles. The third-order valence-electron chi connectivity index (χ3n) is 6.86. The molecule has 7 nitrogen and oxygen atoms in total. The van der Waals surface area contributed by atoms with Gasteiger partial charge in [0.2, 0.25) is 5.91 Å². The minimum atomic E-state index is -0.596. The largest absolute Gasteiger partial charge is 0.477 e. The summed E-state index contributed by atoms with van der Waals surface area (Å²) in [5, 5.41) is 3.07. The molecule has 3 aliphatic rings. The van der Waals surface area contributed by atoms with Crippen LogP contribution in [-0.2, 0) is 16.1 Å². The number of anilines is 2. The fourth-order valence-corrected chi connectivity index (χ4v) is 6.02. The van der Waals surface area contributed by atoms with Gasteiger partial charge in [0.25, 0.3) is 5.91 Å². The van der Waals surface area contributed by atoms with Crippen molar-refractivity contribution in [2.24, 2.45) is 0 Å². The SMILES string of the molecule is O=C(CN1CC(C(=O)N2CCCCC2)Oc2ccccc21)Nc1cccc(CN2CCSCC2)c1. The second-order valence-corrected chi connectivity index (χ2v) is 10.7. The minimum absolute atomic E-state index is 0.0217. The van der Waals surface area contributed by atoms with Gasteiger partial charge in [-0.3, -0.25) is 14.5 Å². The van der Waals surface area contributed by atoms with Gasteiger partial charge in [0, 0.05) is 49.9 Å². The Kier molecular flexibility index (Phi) is 7.79. The van der Waals surface area contributed by atoms with Crippen molar-refractivity contribution in [3.63, 3.8) is 0 Å². The van der Waals surface area contributed by atoms with Crippen LogP contribution in [0, 0.1) is 0 Å². The summed E-state index contributed by atoms with van der Waals surface area (Å²) in [6.07, 6.45) is 2.65. The van der Waals surface area contributed by atoms with E-state index in [1.807, 2.05) is 58.0 Å². The molecule has 1 atom stereocenters. The summed E-state index contributed by atoms with van der Waals surface area (Å²) >= 11 is 2.01. The molecule has 0 spiro atoms. The van der Waals surface area contributed by atoms with Crippen LogP contribution in [0.4, 0.5) is 11.4 Å². The average Bonchev–Trinajstić information content (AvgIpc) is 2.89. The van der Waals surface area contributed by atoms with Crippen LogP contribution in [0.2, 0.25) is 0 Å². The molecule has 2 aromatic carbocycles. The van der Waals surface area contributed by atoms with Gasteiger partial charge in [0.05, 0.1) is 18.8 Å². The smallest absolute Gasteiger partial charge is 0.265 e. The lowest BCUT2D eigenvalue weighted by molar-refractivity contribution is -0.139. The zero-order chi connectivity index (χ0) is 24.0. The van der Waals surface area contributed by atoms with Gasteiger partial charge < -0.3 is 19.9 Å². The van der Waals surface area contributed by atoms with Crippen LogP contribution in [0.5, 0.6) is 5.75 Å². The molecule has 0 radical (unpaired) electrons. The Labute approximate surface area is 211 Å². The van der Waals surface area contributed by atoms with Gasteiger partial charge in [0.1, 0.15) is 5.75 Å². The van der Waals surface area contributed by atoms with E-state index in [1.165, 1.54) is 23.5 Å². The Hall–Kier alpha value is -2.71. The number of hydrogen-bond acceptors (Lipinski definition) is 6. The number of carbonyl (C=O) groups is 2. The summed E-state index contributed by atoms with van der Waals surface area (Å²) < 4.78 is 6.09. The fourth-order valence-electron chi connectivity index (χ4n) is 5.04. The first-order valence-corrected chi connectivity index (χ1v) is 13.8. The number of nitrogens with zero attached hydrogens (tertiary/aromatic N) is 3. The molecule has 186 valence electrons. The zero-order valence-corrected chi connectivity index (χ0v) is 21.0. The molecule has 5 rings (SSSR count). The summed E-state index contributed by atoms with van der Waals surface area (Å²) in [6, 6.07) is 15.8. The minimum Gasteiger partial charge on any atom is -0.477 e. The standard InChI is InChI=1S/C27H34N4O3S/c32-26(28-22-8-6-7-21(17-22)18-29-13-15-35-16-14-29)20-31-19-25(27(33)30-11-4-1-5-12-30)34-24-10-3-2-9-23(24)31/h2-3,6-10,17,25H,1,4-5,11-16,18-20H2,(H,28,32). The van der Waals surface area contributed by atoms with Gasteiger partial charge in [-0.1, -0.05) is 24.3 Å². The number of benzene rings is 2. The van der Waals surface area contributed by atoms with E-state index in [0.29, 0.717) is 12.3 Å². The highest BCUT2D eigenvalue weighted by Gasteiger charge is 2.34. The van der Waals surface area contributed by atoms with E-state index in [2.05, 4.69) is 22.3 Å². The summed E-state index contributed by atoms with van der Waals surface area (Å²) in [5.41, 5.74) is 2.86. The molecule has 3 aliphatic heterocycles. The number of likely N-dealkylation sites (tertiary alicyclic amines) is 1. The van der Waals surface area contributed by atoms with Crippen molar-refractivity contribution in [1.29, 1.82) is 0 Å². The highest BCUT2D eigenvalue weighted by Crippen LogP contribution is 2.33. The number of ether oxygens (including phenoxy) is 1. The van der Waals surface area contributed by atoms with Crippen molar-refractivity contribution in [3.8, 4) is 5.75 Å². The van der Waals surface area contributed by atoms with E-state index in [1.54, 1.807) is 0 Å². The molecule has 2 amide bonds. The highest BCUT2D eigenvalue weighted by atomic mass is 32.2. The molecular weight excluding hydrogens is 460 g/mol. The van der Waals surface area contributed by atoms with Crippen LogP contribution >= 0.6 is 11.8 Å². The van der Waals surface area contributed by atoms with Gasteiger partial charge in [0.15, 0.2) is 6.10 Å². The second kappa shape index (κ2) is 11.4. The summed E-state index contributed by atoms with van der Waals surface area (Å²) in [7, 11) is 0. The summed E-state index contributed by atoms with van der Waals surface area (Å²) in [5.74, 6) is 2.94. The van der Waals surface area contributed by atoms with Crippen molar-refractivity contribution >= 4 is 35.0 Å². The predicted molar refractivity (Wildman–Crippen MR) is 141 cm³/mol. The van der Waals surface area contributed by atoms with Crippen LogP contribution in [-0.4, -0.2) is 78.5 Å². The van der Waals surface area contributed by atoms with Crippen LogP contribution in [0.1, 0.15) is 24.8 Å². The third-order valence-corrected chi connectivity index (χ3v) is 7.80. The zero-order valence-electron chi connectivity index (χ0n) is 20.2. The van der Waals surface area contributed by atoms with Crippen LogP contribution in [0.3, 0.4) is 0 Å². The number of para-hydroxylation sites is 2. The number of amides is 2. The van der Waals surface area contributed by atoms with Gasteiger partial charge in [-0.2, -0.15) is 11.8 Å². The molecule has 0 saturated carbocycles. The maximum atomic E-state index is 13.2. The van der Waals surface area contributed by atoms with E-state index in [9.17, 15) is 9.59 Å². The lowest BCUT2D eigenvalue weighted by atomic mass is 10.1. The molecule has 2 fully saturated rings. The monoisotopic (exact) mass is 494 g/mol. The lowest BCUT2D eigenvalue weighted by Gasteiger charge is -2.38. The molecule has 35 heavy (non-hydrogen) atoms. The van der Waals surface area contributed by atoms with Gasteiger partial charge >= 0.3 is 0 Å². The van der Waals surface area contributed by atoms with E-state index in [0.717, 1.165) is 56.9 Å². The normalized spacial score (nSPS) is 20.6. The quantitative estimate of drug-likeness (QED) is 0.664. The molecule has 2 saturated heterocycles. The third kappa shape index (κ3) is 6.11. The van der Waals surface area contributed by atoms with Crippen LogP contribution < -0.4 is 15.0 Å². The Morgan fingerprint density at radius 3 is 2.60 bits per heavy atom. The van der Waals surface area contributed by atoms with Crippen molar-refractivity contribution in [1.82, 2.24) is 9.80 Å². The summed E-state index contributed by atoms with van der Waals surface area (Å²) in [4.78, 5) is 32.6. The lowest BCUT2D eigenvalue weighted by Crippen LogP contribution is -2.52. The number of piperidine rings is 1. The van der Waals surface area contributed by atoms with Crippen LogP contribution in [0.25, 0.3) is 0 Å². The first-order valence-electron chi connectivity index (χ1n) is 12.6. The van der Waals surface area contributed by atoms with Crippen molar-refractivity contribution < 1.29 is 14.3 Å². The Morgan fingerprint density at radius 2 is 1.77 bits per heavy atom. The number of thioether (sulfide) groups is 1. The van der Waals surface area contributed by atoms with Crippen molar-refractivity contribution in [3.05, 3.63) is 54.1 Å². The Bertz CT molecular complexity index is 1040. The fraction of sp³-hybridized carbons (Fsp3) is 0.481. The van der Waals surface area contributed by atoms with Crippen molar-refractivity contribution in [2.45, 2.75) is 31.9 Å². The number of nitrogens with one attached hydrogen (secondary N) is 1. The number of carbonyl (C=O) groups excluding carboxylic acids is 2. The maximum absolute atomic E-state index is 13.2. The average molecular weight is 495 g/mol. The van der Waals surface area contributed by atoms with Gasteiger partial charge in [-0.25, -0.2) is 0 Å². The number of fused-ring (bicyclic) bond motifs is 1. The van der Waals surface area contributed by atoms with Gasteiger partial charge in [-0.05, 0) is 49.1 Å². The summed E-state index contributed by atoms with van der Waals surface area (Å²) in [6.45, 7) is 5.22. The molecule has 0 bridgehead atoms. The number of hydrogen-bond donors (Lipinski definition) is 1. The first kappa shape index (κ1) is 24.0. The van der Waals surface area contributed by atoms with E-state index in [-0.39, 0.29) is 18.4 Å². The van der Waals surface area contributed by atoms with Crippen LogP contribution in [0.15, 0.2) is 48.5 Å². The van der Waals surface area contributed by atoms with E-state index >= 15 is 0 Å². The van der Waals surface area contributed by atoms with E-state index < -0.39 is 6.10 Å². The molecule has 8 heteroatoms. The molecule has 2 aromatic rings. The Morgan fingerprint density at radius 1 is 0.971 bits per heavy atom. The number of rotatable bonds is 6. The molecule has 3 heterocycles. The van der Waals surface area contributed by atoms with E-state index in [4.69, 9.17) is 4.74 Å². The van der Waals surface area contributed by atoms with Gasteiger partial charge in [-0.15, -0.1) is 0 Å². The molecular formula is C27H34N4O3S. The topological polar surface area (TPSA) is 65.1 Å². The second-order valence-electron chi connectivity index (χ2n) is 9.48. The predicted octanol–water partition coefficient (Wildman–Crippen LogP) is 3.45. The first-order chi connectivity index (χ1) is 17.2. The van der Waals surface area contributed by atoms with Crippen molar-refractivity contribution in [2.75, 3.05) is 61.0 Å². The molecule has 1 unspecified atom stereocenters.